The summed E-state index contributed by atoms with van der Waals surface area (Å²) in [4.78, 5) is 14.2. The Balaban J connectivity index is 1.72. The van der Waals surface area contributed by atoms with E-state index < -0.39 is 0 Å². The van der Waals surface area contributed by atoms with Gasteiger partial charge in [-0.1, -0.05) is 49.6 Å². The molecule has 1 aliphatic rings. The molecule has 134 valence electrons. The number of nitriles is 1. The first-order valence-corrected chi connectivity index (χ1v) is 9.37. The molecule has 1 fully saturated rings. The second-order valence-corrected chi connectivity index (χ2v) is 6.77. The van der Waals surface area contributed by atoms with Gasteiger partial charge >= 0.3 is 0 Å². The Kier molecular flexibility index (Phi) is 8.04. The number of unbranched alkanes of at least 4 members (excludes halogenated alkanes) is 1. The average Bonchev–Trinajstić information content (AvgIpc) is 2.68. The zero-order chi connectivity index (χ0) is 17.9. The molecule has 0 aliphatic heterocycles. The van der Waals surface area contributed by atoms with Crippen LogP contribution in [0.3, 0.4) is 0 Å². The number of nitrogens with one attached hydrogen (secondary N) is 1. The van der Waals surface area contributed by atoms with Crippen molar-refractivity contribution in [2.45, 2.75) is 57.4 Å². The van der Waals surface area contributed by atoms with Crippen molar-refractivity contribution in [1.29, 1.82) is 5.26 Å². The van der Waals surface area contributed by atoms with Gasteiger partial charge in [0.2, 0.25) is 0 Å². The number of carbonyl (C=O) groups excluding carboxylic acids is 1. The molecule has 1 aromatic rings. The molecule has 1 amide bonds. The van der Waals surface area contributed by atoms with Gasteiger partial charge in [0.05, 0.1) is 0 Å². The van der Waals surface area contributed by atoms with E-state index in [-0.39, 0.29) is 17.5 Å². The molecule has 1 N–H and O–H groups in total. The van der Waals surface area contributed by atoms with Crippen LogP contribution in [0.5, 0.6) is 0 Å². The molecule has 2 rings (SSSR count). The van der Waals surface area contributed by atoms with Crippen LogP contribution in [0.1, 0.15) is 50.5 Å². The van der Waals surface area contributed by atoms with Crippen molar-refractivity contribution in [3.05, 3.63) is 47.7 Å². The number of hydrogen-bond donors (Lipinski definition) is 1. The van der Waals surface area contributed by atoms with Gasteiger partial charge in [-0.25, -0.2) is 0 Å². The highest BCUT2D eigenvalue weighted by Crippen LogP contribution is 2.22. The highest BCUT2D eigenvalue weighted by Gasteiger charge is 2.24. The number of rotatable bonds is 8. The van der Waals surface area contributed by atoms with E-state index in [4.69, 9.17) is 0 Å². The first kappa shape index (κ1) is 19.1. The van der Waals surface area contributed by atoms with Crippen LogP contribution in [-0.4, -0.2) is 30.4 Å². The fourth-order valence-electron chi connectivity index (χ4n) is 3.34. The van der Waals surface area contributed by atoms with Gasteiger partial charge in [-0.3, -0.25) is 4.79 Å². The molecule has 4 heteroatoms. The van der Waals surface area contributed by atoms with Crippen LogP contribution in [-0.2, 0) is 11.2 Å². The highest BCUT2D eigenvalue weighted by atomic mass is 16.2. The van der Waals surface area contributed by atoms with Gasteiger partial charge < -0.3 is 10.2 Å². The normalized spacial score (nSPS) is 15.4. The zero-order valence-electron chi connectivity index (χ0n) is 15.2. The Morgan fingerprint density at radius 1 is 1.24 bits per heavy atom. The lowest BCUT2D eigenvalue weighted by molar-refractivity contribution is -0.128. The molecule has 1 aromatic carbocycles. The van der Waals surface area contributed by atoms with Crippen molar-refractivity contribution in [1.82, 2.24) is 10.2 Å². The number of benzene rings is 1. The Morgan fingerprint density at radius 3 is 2.64 bits per heavy atom. The molecule has 0 unspecified atom stereocenters. The largest absolute Gasteiger partial charge is 0.390 e. The minimum absolute atomic E-state index is 0.161. The van der Waals surface area contributed by atoms with Crippen LogP contribution < -0.4 is 5.32 Å². The second-order valence-electron chi connectivity index (χ2n) is 6.77. The molecule has 1 saturated carbocycles. The maximum absolute atomic E-state index is 12.5. The number of nitrogens with zero attached hydrogens (tertiary/aromatic N) is 2. The molecule has 0 spiro atoms. The Morgan fingerprint density at radius 2 is 1.96 bits per heavy atom. The highest BCUT2D eigenvalue weighted by molar-refractivity contribution is 5.97. The zero-order valence-corrected chi connectivity index (χ0v) is 15.2. The fourth-order valence-corrected chi connectivity index (χ4v) is 3.34. The van der Waals surface area contributed by atoms with Crippen molar-refractivity contribution >= 4 is 5.91 Å². The molecule has 0 heterocycles. The van der Waals surface area contributed by atoms with E-state index in [1.807, 2.05) is 19.2 Å². The predicted molar refractivity (Wildman–Crippen MR) is 101 cm³/mol. The Hall–Kier alpha value is -2.28. The lowest BCUT2D eigenvalue weighted by atomic mass is 9.94. The van der Waals surface area contributed by atoms with Crippen LogP contribution >= 0.6 is 0 Å². The Labute approximate surface area is 151 Å². The summed E-state index contributed by atoms with van der Waals surface area (Å²) in [6, 6.07) is 12.8. The lowest BCUT2D eigenvalue weighted by Gasteiger charge is -2.31. The maximum atomic E-state index is 12.5. The van der Waals surface area contributed by atoms with E-state index in [1.54, 1.807) is 11.1 Å². The third kappa shape index (κ3) is 6.26. The molecule has 0 aromatic heterocycles. The summed E-state index contributed by atoms with van der Waals surface area (Å²) in [7, 11) is 1.82. The van der Waals surface area contributed by atoms with Gasteiger partial charge in [0.25, 0.3) is 5.91 Å². The predicted octanol–water partition coefficient (Wildman–Crippen LogP) is 3.80. The standard InChI is InChI=1S/C21H29N3O/c1-24(20-13-6-3-7-14-20)21(25)19(16-22)17-23-15-9-8-12-18-10-4-2-5-11-18/h2,4-5,10-11,17,20,23H,3,6-9,12-15H2,1H3/b19-17-. The molecule has 0 saturated heterocycles. The van der Waals surface area contributed by atoms with Gasteiger partial charge in [-0.15, -0.1) is 0 Å². The summed E-state index contributed by atoms with van der Waals surface area (Å²) in [5, 5.41) is 12.4. The van der Waals surface area contributed by atoms with E-state index in [0.29, 0.717) is 0 Å². The van der Waals surface area contributed by atoms with E-state index in [2.05, 4.69) is 29.6 Å². The summed E-state index contributed by atoms with van der Waals surface area (Å²) in [6.45, 7) is 0.776. The maximum Gasteiger partial charge on any atom is 0.265 e. The quantitative estimate of drug-likeness (QED) is 0.445. The lowest BCUT2D eigenvalue weighted by Crippen LogP contribution is -2.39. The number of hydrogen-bond acceptors (Lipinski definition) is 3. The molecular formula is C21H29N3O. The van der Waals surface area contributed by atoms with Crippen LogP contribution in [0.2, 0.25) is 0 Å². The molecule has 4 nitrogen and oxygen atoms in total. The van der Waals surface area contributed by atoms with Crippen LogP contribution in [0.15, 0.2) is 42.1 Å². The molecule has 1 aliphatic carbocycles. The third-order valence-corrected chi connectivity index (χ3v) is 4.92. The van der Waals surface area contributed by atoms with Crippen molar-refractivity contribution in [3.63, 3.8) is 0 Å². The molecule has 0 radical (unpaired) electrons. The average molecular weight is 339 g/mol. The number of amides is 1. The van der Waals surface area contributed by atoms with Crippen molar-refractivity contribution < 1.29 is 4.79 Å². The Bertz CT molecular complexity index is 597. The number of carbonyl (C=O) groups is 1. The number of likely N-dealkylation sites (N-methyl/N-ethyl adjacent to an activating group) is 1. The summed E-state index contributed by atoms with van der Waals surface area (Å²) in [5.74, 6) is -0.161. The van der Waals surface area contributed by atoms with Crippen LogP contribution in [0.4, 0.5) is 0 Å². The van der Waals surface area contributed by atoms with Gasteiger partial charge in [-0.05, 0) is 37.7 Å². The van der Waals surface area contributed by atoms with Gasteiger partial charge in [0.15, 0.2) is 0 Å². The fraction of sp³-hybridized carbons (Fsp3) is 0.524. The molecule has 0 bridgehead atoms. The van der Waals surface area contributed by atoms with Crippen molar-refractivity contribution in [3.8, 4) is 6.07 Å². The number of aryl methyl sites for hydroxylation is 1. The molecule has 25 heavy (non-hydrogen) atoms. The second kappa shape index (κ2) is 10.6. The summed E-state index contributed by atoms with van der Waals surface area (Å²) in [5.41, 5.74) is 1.55. The van der Waals surface area contributed by atoms with Crippen molar-refractivity contribution in [2.24, 2.45) is 0 Å². The minimum atomic E-state index is -0.161. The van der Waals surface area contributed by atoms with E-state index in [9.17, 15) is 10.1 Å². The van der Waals surface area contributed by atoms with Gasteiger partial charge in [-0.2, -0.15) is 5.26 Å². The van der Waals surface area contributed by atoms with E-state index >= 15 is 0 Å². The van der Waals surface area contributed by atoms with Crippen LogP contribution in [0, 0.1) is 11.3 Å². The summed E-state index contributed by atoms with van der Waals surface area (Å²) in [6.07, 6.45) is 10.4. The van der Waals surface area contributed by atoms with Gasteiger partial charge in [0.1, 0.15) is 11.6 Å². The first-order chi connectivity index (χ1) is 12.2. The van der Waals surface area contributed by atoms with E-state index in [1.165, 1.54) is 24.8 Å². The summed E-state index contributed by atoms with van der Waals surface area (Å²) >= 11 is 0. The first-order valence-electron chi connectivity index (χ1n) is 9.37. The summed E-state index contributed by atoms with van der Waals surface area (Å²) < 4.78 is 0. The third-order valence-electron chi connectivity index (χ3n) is 4.92. The molecular weight excluding hydrogens is 310 g/mol. The van der Waals surface area contributed by atoms with E-state index in [0.717, 1.165) is 38.6 Å². The molecule has 0 atom stereocenters. The van der Waals surface area contributed by atoms with Gasteiger partial charge in [0, 0.05) is 25.8 Å². The monoisotopic (exact) mass is 339 g/mol. The van der Waals surface area contributed by atoms with Crippen molar-refractivity contribution in [2.75, 3.05) is 13.6 Å². The van der Waals surface area contributed by atoms with Crippen LogP contribution in [0.25, 0.3) is 0 Å². The minimum Gasteiger partial charge on any atom is -0.390 e. The SMILES string of the molecule is CN(C(=O)/C(C#N)=C\NCCCCc1ccccc1)C1CCCCC1. The smallest absolute Gasteiger partial charge is 0.265 e. The topological polar surface area (TPSA) is 56.1 Å².